The highest BCUT2D eigenvalue weighted by Gasteiger charge is 2.27. The number of nitrogens with zero attached hydrogens (tertiary/aromatic N) is 3. The maximum absolute atomic E-state index is 14.2. The fraction of sp³-hybridized carbons (Fsp3) is 0.375. The fourth-order valence-corrected chi connectivity index (χ4v) is 2.80. The van der Waals surface area contributed by atoms with Crippen LogP contribution in [0.15, 0.2) is 24.3 Å². The summed E-state index contributed by atoms with van der Waals surface area (Å²) < 4.78 is 33.0. The van der Waals surface area contributed by atoms with E-state index in [0.717, 1.165) is 18.2 Å². The summed E-state index contributed by atoms with van der Waals surface area (Å²) in [5.41, 5.74) is 6.85. The van der Waals surface area contributed by atoms with E-state index in [4.69, 9.17) is 10.5 Å². The normalized spacial score (nSPS) is 18.7. The molecule has 122 valence electrons. The van der Waals surface area contributed by atoms with Crippen molar-refractivity contribution in [2.24, 2.45) is 0 Å². The quantitative estimate of drug-likeness (QED) is 0.921. The molecule has 1 saturated heterocycles. The standard InChI is InChI=1S/C16H18F2N4O/c1-10-7-15(21-16(19)20-10)22-5-2-6-23-9-14(22)12-4-3-11(17)8-13(12)18/h3-4,7-8,14H,2,5-6,9H2,1H3,(H2,19,20,21). The molecule has 1 unspecified atom stereocenters. The van der Waals surface area contributed by atoms with Gasteiger partial charge in [0.25, 0.3) is 0 Å². The predicted molar refractivity (Wildman–Crippen MR) is 83.1 cm³/mol. The van der Waals surface area contributed by atoms with Crippen molar-refractivity contribution in [1.82, 2.24) is 9.97 Å². The number of anilines is 2. The van der Waals surface area contributed by atoms with Gasteiger partial charge in [0.15, 0.2) is 0 Å². The molecule has 1 aromatic carbocycles. The predicted octanol–water partition coefficient (Wildman–Crippen LogP) is 2.61. The first-order chi connectivity index (χ1) is 11.0. The molecule has 1 aliphatic rings. The molecule has 2 N–H and O–H groups in total. The van der Waals surface area contributed by atoms with E-state index in [0.29, 0.717) is 31.1 Å². The molecule has 1 aromatic heterocycles. The van der Waals surface area contributed by atoms with Crippen LogP contribution >= 0.6 is 0 Å². The van der Waals surface area contributed by atoms with Crippen LogP contribution in [0.5, 0.6) is 0 Å². The third kappa shape index (κ3) is 3.39. The van der Waals surface area contributed by atoms with E-state index >= 15 is 0 Å². The van der Waals surface area contributed by atoms with Crippen LogP contribution in [0.4, 0.5) is 20.5 Å². The van der Waals surface area contributed by atoms with Crippen LogP contribution in [0.3, 0.4) is 0 Å². The number of rotatable bonds is 2. The van der Waals surface area contributed by atoms with Crippen molar-refractivity contribution in [3.8, 4) is 0 Å². The van der Waals surface area contributed by atoms with Gasteiger partial charge in [-0.2, -0.15) is 4.98 Å². The molecule has 7 heteroatoms. The number of aromatic nitrogens is 2. The summed E-state index contributed by atoms with van der Waals surface area (Å²) in [4.78, 5) is 10.3. The molecule has 0 aliphatic carbocycles. The first kappa shape index (κ1) is 15.6. The van der Waals surface area contributed by atoms with Crippen LogP contribution in [0, 0.1) is 18.6 Å². The van der Waals surface area contributed by atoms with E-state index in [9.17, 15) is 8.78 Å². The van der Waals surface area contributed by atoms with Crippen molar-refractivity contribution in [3.63, 3.8) is 0 Å². The Labute approximate surface area is 133 Å². The Morgan fingerprint density at radius 1 is 1.26 bits per heavy atom. The molecule has 0 radical (unpaired) electrons. The van der Waals surface area contributed by atoms with Crippen LogP contribution in [0.25, 0.3) is 0 Å². The highest BCUT2D eigenvalue weighted by atomic mass is 19.1. The number of aryl methyl sites for hydroxylation is 1. The number of hydrogen-bond donors (Lipinski definition) is 1. The number of nitrogens with two attached hydrogens (primary N) is 1. The van der Waals surface area contributed by atoms with E-state index in [2.05, 4.69) is 9.97 Å². The van der Waals surface area contributed by atoms with Gasteiger partial charge in [-0.15, -0.1) is 0 Å². The first-order valence-electron chi connectivity index (χ1n) is 7.45. The third-order valence-corrected chi connectivity index (χ3v) is 3.81. The van der Waals surface area contributed by atoms with Crippen molar-refractivity contribution in [2.45, 2.75) is 19.4 Å². The lowest BCUT2D eigenvalue weighted by atomic mass is 10.0. The lowest BCUT2D eigenvalue weighted by Gasteiger charge is -2.31. The average Bonchev–Trinajstić information content (AvgIpc) is 2.72. The van der Waals surface area contributed by atoms with Crippen LogP contribution < -0.4 is 10.6 Å². The molecule has 1 atom stereocenters. The Balaban J connectivity index is 2.03. The number of benzene rings is 1. The Kier molecular flexibility index (Phi) is 4.38. The molecule has 1 aliphatic heterocycles. The van der Waals surface area contributed by atoms with Crippen molar-refractivity contribution < 1.29 is 13.5 Å². The minimum absolute atomic E-state index is 0.170. The molecule has 0 bridgehead atoms. The highest BCUT2D eigenvalue weighted by molar-refractivity contribution is 5.46. The van der Waals surface area contributed by atoms with Gasteiger partial charge in [0.2, 0.25) is 5.95 Å². The van der Waals surface area contributed by atoms with Gasteiger partial charge in [0, 0.05) is 36.5 Å². The van der Waals surface area contributed by atoms with Crippen molar-refractivity contribution in [3.05, 3.63) is 47.2 Å². The molecule has 2 aromatic rings. The van der Waals surface area contributed by atoms with Crippen LogP contribution in [0.1, 0.15) is 23.7 Å². The Bertz CT molecular complexity index is 690. The average molecular weight is 320 g/mol. The fourth-order valence-electron chi connectivity index (χ4n) is 2.80. The van der Waals surface area contributed by atoms with Gasteiger partial charge < -0.3 is 15.4 Å². The minimum atomic E-state index is -0.602. The second-order valence-electron chi connectivity index (χ2n) is 5.53. The van der Waals surface area contributed by atoms with E-state index in [1.165, 1.54) is 12.1 Å². The molecule has 3 rings (SSSR count). The highest BCUT2D eigenvalue weighted by Crippen LogP contribution is 2.30. The molecular formula is C16H18F2N4O. The molecule has 23 heavy (non-hydrogen) atoms. The smallest absolute Gasteiger partial charge is 0.222 e. The van der Waals surface area contributed by atoms with E-state index < -0.39 is 17.7 Å². The molecule has 1 fully saturated rings. The zero-order valence-corrected chi connectivity index (χ0v) is 12.8. The van der Waals surface area contributed by atoms with Gasteiger partial charge >= 0.3 is 0 Å². The molecular weight excluding hydrogens is 302 g/mol. The lowest BCUT2D eigenvalue weighted by molar-refractivity contribution is 0.133. The topological polar surface area (TPSA) is 64.3 Å². The van der Waals surface area contributed by atoms with E-state index in [-0.39, 0.29) is 5.95 Å². The Morgan fingerprint density at radius 2 is 2.09 bits per heavy atom. The van der Waals surface area contributed by atoms with Crippen molar-refractivity contribution in [1.29, 1.82) is 0 Å². The summed E-state index contributed by atoms with van der Waals surface area (Å²) >= 11 is 0. The van der Waals surface area contributed by atoms with Crippen LogP contribution in [-0.4, -0.2) is 29.7 Å². The zero-order chi connectivity index (χ0) is 16.4. The van der Waals surface area contributed by atoms with Gasteiger partial charge in [-0.05, 0) is 19.4 Å². The summed E-state index contributed by atoms with van der Waals surface area (Å²) in [6, 6.07) is 5.00. The summed E-state index contributed by atoms with van der Waals surface area (Å²) in [5, 5.41) is 0. The molecule has 0 saturated carbocycles. The monoisotopic (exact) mass is 320 g/mol. The van der Waals surface area contributed by atoms with E-state index in [1.807, 2.05) is 11.8 Å². The number of halogens is 2. The second-order valence-corrected chi connectivity index (χ2v) is 5.53. The summed E-state index contributed by atoms with van der Waals surface area (Å²) in [5.74, 6) is -0.406. The molecule has 2 heterocycles. The molecule has 0 amide bonds. The van der Waals surface area contributed by atoms with Crippen LogP contribution in [0.2, 0.25) is 0 Å². The summed E-state index contributed by atoms with van der Waals surface area (Å²) in [6.45, 7) is 3.33. The first-order valence-corrected chi connectivity index (χ1v) is 7.45. The largest absolute Gasteiger partial charge is 0.379 e. The van der Waals surface area contributed by atoms with Crippen molar-refractivity contribution >= 4 is 11.8 Å². The maximum atomic E-state index is 14.2. The van der Waals surface area contributed by atoms with Gasteiger partial charge in [-0.3, -0.25) is 0 Å². The molecule has 5 nitrogen and oxygen atoms in total. The third-order valence-electron chi connectivity index (χ3n) is 3.81. The number of ether oxygens (including phenoxy) is 1. The Morgan fingerprint density at radius 3 is 2.83 bits per heavy atom. The van der Waals surface area contributed by atoms with Crippen molar-refractivity contribution in [2.75, 3.05) is 30.4 Å². The van der Waals surface area contributed by atoms with E-state index in [1.54, 1.807) is 6.07 Å². The number of nitrogen functional groups attached to an aromatic ring is 1. The van der Waals surface area contributed by atoms with Gasteiger partial charge in [-0.25, -0.2) is 13.8 Å². The lowest BCUT2D eigenvalue weighted by Crippen LogP contribution is -2.32. The minimum Gasteiger partial charge on any atom is -0.379 e. The Hall–Kier alpha value is -2.28. The van der Waals surface area contributed by atoms with Gasteiger partial charge in [0.05, 0.1) is 12.6 Å². The molecule has 0 spiro atoms. The maximum Gasteiger partial charge on any atom is 0.222 e. The van der Waals surface area contributed by atoms with Crippen LogP contribution in [-0.2, 0) is 4.74 Å². The SMILES string of the molecule is Cc1cc(N2CCCOCC2c2ccc(F)cc2F)nc(N)n1. The van der Waals surface area contributed by atoms with Gasteiger partial charge in [-0.1, -0.05) is 6.07 Å². The number of hydrogen-bond acceptors (Lipinski definition) is 5. The second kappa shape index (κ2) is 6.45. The summed E-state index contributed by atoms with van der Waals surface area (Å²) in [6.07, 6.45) is 0.780. The van der Waals surface area contributed by atoms with Gasteiger partial charge in [0.1, 0.15) is 17.5 Å². The zero-order valence-electron chi connectivity index (χ0n) is 12.8. The summed E-state index contributed by atoms with van der Waals surface area (Å²) in [7, 11) is 0.